The third kappa shape index (κ3) is 1.89. The molecule has 72 valence electrons. The van der Waals surface area contributed by atoms with Crippen LogP contribution in [0.3, 0.4) is 0 Å². The van der Waals surface area contributed by atoms with Crippen LogP contribution in [0.2, 0.25) is 0 Å². The van der Waals surface area contributed by atoms with Gasteiger partial charge in [0.1, 0.15) is 11.5 Å². The first-order valence-electron chi connectivity index (χ1n) is 3.56. The van der Waals surface area contributed by atoms with Crippen molar-refractivity contribution < 1.29 is 20.1 Å². The van der Waals surface area contributed by atoms with Crippen LogP contribution in [0.1, 0.15) is 0 Å². The molecule has 4 nitrogen and oxygen atoms in total. The van der Waals surface area contributed by atoms with Gasteiger partial charge in [-0.15, -0.1) is 12.6 Å². The van der Waals surface area contributed by atoms with E-state index in [0.717, 1.165) is 0 Å². The summed E-state index contributed by atoms with van der Waals surface area (Å²) < 4.78 is 5.06. The van der Waals surface area contributed by atoms with E-state index in [9.17, 15) is 10.2 Å². The van der Waals surface area contributed by atoms with Crippen molar-refractivity contribution in [3.05, 3.63) is 0 Å². The molecule has 0 aromatic rings. The normalized spacial score (nSPS) is 49.2. The summed E-state index contributed by atoms with van der Waals surface area (Å²) >= 11 is 7.89. The van der Waals surface area contributed by atoms with E-state index in [-0.39, 0.29) is 6.61 Å². The molecule has 0 amide bonds. The summed E-state index contributed by atoms with van der Waals surface area (Å²) in [6.07, 6.45) is -2.64. The molecule has 1 rings (SSSR count). The Kier molecular flexibility index (Phi) is 3.69. The topological polar surface area (TPSA) is 69.9 Å². The highest BCUT2D eigenvalue weighted by atomic mass is 32.1. The molecule has 1 aliphatic rings. The van der Waals surface area contributed by atoms with Gasteiger partial charge in [0.2, 0.25) is 0 Å². The minimum absolute atomic E-state index is 0.241. The number of thiol groups is 2. The van der Waals surface area contributed by atoms with E-state index in [0.29, 0.717) is 0 Å². The van der Waals surface area contributed by atoms with Gasteiger partial charge >= 0.3 is 0 Å². The zero-order valence-electron chi connectivity index (χ0n) is 6.24. The molecule has 0 unspecified atom stereocenters. The van der Waals surface area contributed by atoms with Crippen molar-refractivity contribution in [2.75, 3.05) is 6.61 Å². The summed E-state index contributed by atoms with van der Waals surface area (Å²) in [5.74, 6) is 0. The largest absolute Gasteiger partial charge is 0.394 e. The standard InChI is InChI=1S/C6H12O4S2/c7-1-2-5(11)3(8)4(9)6(12)10-2/h2-9,11-12H,1H2/t2-,3-,4-,5-,6-/m1/s1. The zero-order chi connectivity index (χ0) is 9.30. The van der Waals surface area contributed by atoms with Crippen molar-refractivity contribution in [3.63, 3.8) is 0 Å². The Bertz CT molecular complexity index is 152. The fourth-order valence-electron chi connectivity index (χ4n) is 1.08. The summed E-state index contributed by atoms with van der Waals surface area (Å²) in [6, 6.07) is 0. The van der Waals surface area contributed by atoms with Crippen LogP contribution in [-0.2, 0) is 4.74 Å². The Labute approximate surface area is 81.4 Å². The second kappa shape index (κ2) is 4.17. The van der Waals surface area contributed by atoms with Gasteiger partial charge in [0, 0.05) is 0 Å². The third-order valence-corrected chi connectivity index (χ3v) is 2.93. The van der Waals surface area contributed by atoms with E-state index >= 15 is 0 Å². The molecule has 1 fully saturated rings. The van der Waals surface area contributed by atoms with Gasteiger partial charge < -0.3 is 20.1 Å². The van der Waals surface area contributed by atoms with Crippen molar-refractivity contribution in [1.82, 2.24) is 0 Å². The quantitative estimate of drug-likeness (QED) is 0.349. The first kappa shape index (κ1) is 10.6. The van der Waals surface area contributed by atoms with E-state index in [4.69, 9.17) is 9.84 Å². The molecule has 1 aliphatic heterocycles. The smallest absolute Gasteiger partial charge is 0.129 e. The van der Waals surface area contributed by atoms with Crippen LogP contribution in [0.5, 0.6) is 0 Å². The SMILES string of the molecule is OC[C@H]1O[C@H](S)[C@H](O)[C@@H](O)[C@@H]1S. The van der Waals surface area contributed by atoms with Crippen molar-refractivity contribution in [2.45, 2.75) is 29.0 Å². The van der Waals surface area contributed by atoms with Crippen molar-refractivity contribution in [2.24, 2.45) is 0 Å². The lowest BCUT2D eigenvalue weighted by Crippen LogP contribution is -2.54. The molecule has 6 heteroatoms. The van der Waals surface area contributed by atoms with Gasteiger partial charge in [0.25, 0.3) is 0 Å². The summed E-state index contributed by atoms with van der Waals surface area (Å²) in [4.78, 5) is 0. The predicted molar refractivity (Wildman–Crippen MR) is 49.5 cm³/mol. The molecule has 0 radical (unpaired) electrons. The summed E-state index contributed by atoms with van der Waals surface area (Å²) in [5.41, 5.74) is -0.763. The van der Waals surface area contributed by atoms with Crippen LogP contribution in [0.15, 0.2) is 0 Å². The minimum Gasteiger partial charge on any atom is -0.394 e. The van der Waals surface area contributed by atoms with Gasteiger partial charge in [0.15, 0.2) is 0 Å². The Morgan fingerprint density at radius 2 is 1.75 bits per heavy atom. The maximum absolute atomic E-state index is 9.35. The molecule has 3 N–H and O–H groups in total. The number of aliphatic hydroxyl groups is 3. The number of rotatable bonds is 1. The second-order valence-corrected chi connectivity index (χ2v) is 3.82. The molecule has 12 heavy (non-hydrogen) atoms. The number of hydrogen-bond acceptors (Lipinski definition) is 6. The average molecular weight is 212 g/mol. The highest BCUT2D eigenvalue weighted by Gasteiger charge is 2.40. The van der Waals surface area contributed by atoms with Crippen LogP contribution in [0.25, 0.3) is 0 Å². The van der Waals surface area contributed by atoms with Crippen LogP contribution in [0.4, 0.5) is 0 Å². The van der Waals surface area contributed by atoms with Gasteiger partial charge in [0.05, 0.1) is 24.1 Å². The van der Waals surface area contributed by atoms with Crippen LogP contribution in [-0.4, -0.2) is 50.9 Å². The predicted octanol–water partition coefficient (Wildman–Crippen LogP) is -1.35. The van der Waals surface area contributed by atoms with Gasteiger partial charge in [-0.3, -0.25) is 0 Å². The fraction of sp³-hybridized carbons (Fsp3) is 1.00. The van der Waals surface area contributed by atoms with E-state index in [1.165, 1.54) is 0 Å². The average Bonchev–Trinajstić information content (AvgIpc) is 2.08. The molecule has 0 aliphatic carbocycles. The Morgan fingerprint density at radius 3 is 2.25 bits per heavy atom. The highest BCUT2D eigenvalue weighted by molar-refractivity contribution is 7.81. The van der Waals surface area contributed by atoms with Gasteiger partial charge in [-0.25, -0.2) is 0 Å². The van der Waals surface area contributed by atoms with Gasteiger partial charge in [-0.05, 0) is 0 Å². The third-order valence-electron chi connectivity index (χ3n) is 1.87. The molecular weight excluding hydrogens is 200 g/mol. The second-order valence-electron chi connectivity index (χ2n) is 2.72. The zero-order valence-corrected chi connectivity index (χ0v) is 8.03. The maximum Gasteiger partial charge on any atom is 0.129 e. The molecule has 0 saturated carbocycles. The fourth-order valence-corrected chi connectivity index (χ4v) is 1.76. The molecule has 0 spiro atoms. The molecular formula is C6H12O4S2. The van der Waals surface area contributed by atoms with Crippen molar-refractivity contribution >= 4 is 25.3 Å². The Hall–Kier alpha value is 0.540. The first-order valence-corrected chi connectivity index (χ1v) is 4.59. The number of aliphatic hydroxyl groups excluding tert-OH is 3. The van der Waals surface area contributed by atoms with Crippen molar-refractivity contribution in [1.29, 1.82) is 0 Å². The van der Waals surface area contributed by atoms with E-state index in [1.807, 2.05) is 0 Å². The molecule has 1 saturated heterocycles. The molecule has 1 heterocycles. The Balaban J connectivity index is 2.63. The van der Waals surface area contributed by atoms with Crippen molar-refractivity contribution in [3.8, 4) is 0 Å². The Morgan fingerprint density at radius 1 is 1.17 bits per heavy atom. The monoisotopic (exact) mass is 212 g/mol. The maximum atomic E-state index is 9.35. The minimum atomic E-state index is -1.06. The molecule has 0 aromatic carbocycles. The van der Waals surface area contributed by atoms with Gasteiger partial charge in [-0.1, -0.05) is 0 Å². The summed E-state index contributed by atoms with van der Waals surface area (Å²) in [5, 5.41) is 26.8. The van der Waals surface area contributed by atoms with Gasteiger partial charge in [-0.2, -0.15) is 12.6 Å². The molecule has 0 bridgehead atoms. The summed E-state index contributed by atoms with van der Waals surface area (Å²) in [6.45, 7) is -0.241. The van der Waals surface area contributed by atoms with E-state index < -0.39 is 29.0 Å². The molecule has 5 atom stereocenters. The van der Waals surface area contributed by atoms with Crippen LogP contribution < -0.4 is 0 Å². The lowest BCUT2D eigenvalue weighted by atomic mass is 10.0. The van der Waals surface area contributed by atoms with E-state index in [1.54, 1.807) is 0 Å². The van der Waals surface area contributed by atoms with Crippen LogP contribution >= 0.6 is 25.3 Å². The number of ether oxygens (including phenoxy) is 1. The number of hydrogen-bond donors (Lipinski definition) is 5. The highest BCUT2D eigenvalue weighted by Crippen LogP contribution is 2.26. The van der Waals surface area contributed by atoms with Crippen LogP contribution in [0, 0.1) is 0 Å². The molecule has 0 aromatic heterocycles. The lowest BCUT2D eigenvalue weighted by molar-refractivity contribution is -0.139. The first-order chi connectivity index (χ1) is 5.57. The van der Waals surface area contributed by atoms with E-state index in [2.05, 4.69) is 25.3 Å². The lowest BCUT2D eigenvalue weighted by Gasteiger charge is -2.38. The summed E-state index contributed by atoms with van der Waals surface area (Å²) in [7, 11) is 0.